The van der Waals surface area contributed by atoms with Gasteiger partial charge in [-0.1, -0.05) is 25.0 Å². The Morgan fingerprint density at radius 2 is 2.11 bits per heavy atom. The van der Waals surface area contributed by atoms with Crippen molar-refractivity contribution in [3.63, 3.8) is 0 Å². The molecule has 2 unspecified atom stereocenters. The maximum absolute atomic E-state index is 11.3. The van der Waals surface area contributed by atoms with Gasteiger partial charge in [0.25, 0.3) is 0 Å². The van der Waals surface area contributed by atoms with Crippen LogP contribution in [0.5, 0.6) is 0 Å². The van der Waals surface area contributed by atoms with E-state index in [1.54, 1.807) is 6.08 Å². The molecule has 5 nitrogen and oxygen atoms in total. The fraction of sp³-hybridized carbons (Fsp3) is 0.769. The Kier molecular flexibility index (Phi) is 4.37. The molecular weight excluding hydrogens is 236 g/mol. The van der Waals surface area contributed by atoms with Crippen molar-refractivity contribution in [3.05, 3.63) is 12.2 Å². The summed E-state index contributed by atoms with van der Waals surface area (Å²) in [6.45, 7) is 0. The standard InChI is InChI=1S/C13H20O5/c1-17-12-10(15)11(18-13(12)16)9(14)7-6-8-4-2-3-5-8/h6-12,14-15H,2-5H2,1H3/t9-,10?,11?,12-/m1/s1. The van der Waals surface area contributed by atoms with E-state index in [0.29, 0.717) is 5.92 Å². The molecule has 1 aliphatic carbocycles. The number of methoxy groups -OCH3 is 1. The molecule has 5 heteroatoms. The van der Waals surface area contributed by atoms with Crippen molar-refractivity contribution in [2.75, 3.05) is 7.11 Å². The first kappa shape index (κ1) is 13.5. The fourth-order valence-corrected chi connectivity index (χ4v) is 2.62. The van der Waals surface area contributed by atoms with E-state index in [-0.39, 0.29) is 0 Å². The lowest BCUT2D eigenvalue weighted by molar-refractivity contribution is -0.150. The Balaban J connectivity index is 1.92. The summed E-state index contributed by atoms with van der Waals surface area (Å²) in [7, 11) is 1.33. The molecule has 0 aromatic carbocycles. The molecule has 0 radical (unpaired) electrons. The van der Waals surface area contributed by atoms with Gasteiger partial charge in [-0.3, -0.25) is 0 Å². The molecule has 1 saturated carbocycles. The third-order valence-electron chi connectivity index (χ3n) is 3.70. The van der Waals surface area contributed by atoms with Crippen molar-refractivity contribution in [1.29, 1.82) is 0 Å². The van der Waals surface area contributed by atoms with Gasteiger partial charge in [-0.25, -0.2) is 4.79 Å². The lowest BCUT2D eigenvalue weighted by atomic mass is 10.0. The molecule has 2 fully saturated rings. The van der Waals surface area contributed by atoms with Crippen LogP contribution in [0.2, 0.25) is 0 Å². The molecule has 2 N–H and O–H groups in total. The second-order valence-electron chi connectivity index (χ2n) is 4.97. The number of carbonyl (C=O) groups excluding carboxylic acids is 1. The van der Waals surface area contributed by atoms with Crippen LogP contribution in [0.15, 0.2) is 12.2 Å². The largest absolute Gasteiger partial charge is 0.454 e. The van der Waals surface area contributed by atoms with Crippen LogP contribution in [0.1, 0.15) is 25.7 Å². The Bertz CT molecular complexity index is 321. The molecule has 1 heterocycles. The molecule has 0 amide bonds. The van der Waals surface area contributed by atoms with E-state index in [0.717, 1.165) is 12.8 Å². The number of hydrogen-bond donors (Lipinski definition) is 2. The highest BCUT2D eigenvalue weighted by molar-refractivity contribution is 5.78. The predicted octanol–water partition coefficient (Wildman–Crippen LogP) is 0.395. The Hall–Kier alpha value is -0.910. The molecule has 0 bridgehead atoms. The number of cyclic esters (lactones) is 1. The van der Waals surface area contributed by atoms with E-state index in [4.69, 9.17) is 9.47 Å². The number of aliphatic hydroxyl groups excluding tert-OH is 2. The first-order valence-electron chi connectivity index (χ1n) is 6.41. The molecule has 102 valence electrons. The average Bonchev–Trinajstić information content (AvgIpc) is 2.95. The van der Waals surface area contributed by atoms with Gasteiger partial charge in [-0.05, 0) is 18.8 Å². The van der Waals surface area contributed by atoms with Crippen molar-refractivity contribution in [2.45, 2.75) is 50.1 Å². The van der Waals surface area contributed by atoms with Gasteiger partial charge in [0.1, 0.15) is 12.2 Å². The van der Waals surface area contributed by atoms with Crippen LogP contribution >= 0.6 is 0 Å². The summed E-state index contributed by atoms with van der Waals surface area (Å²) in [6.07, 6.45) is 4.26. The minimum atomic E-state index is -1.12. The number of carbonyl (C=O) groups is 1. The smallest absolute Gasteiger partial charge is 0.338 e. The van der Waals surface area contributed by atoms with Gasteiger partial charge in [-0.15, -0.1) is 0 Å². The van der Waals surface area contributed by atoms with Crippen molar-refractivity contribution in [1.82, 2.24) is 0 Å². The molecule has 18 heavy (non-hydrogen) atoms. The van der Waals surface area contributed by atoms with E-state index >= 15 is 0 Å². The number of rotatable bonds is 4. The normalized spacial score (nSPS) is 35.3. The van der Waals surface area contributed by atoms with Crippen LogP contribution in [0.3, 0.4) is 0 Å². The van der Waals surface area contributed by atoms with Crippen molar-refractivity contribution < 1.29 is 24.5 Å². The highest BCUT2D eigenvalue weighted by atomic mass is 16.6. The van der Waals surface area contributed by atoms with Gasteiger partial charge < -0.3 is 19.7 Å². The summed E-state index contributed by atoms with van der Waals surface area (Å²) in [5, 5.41) is 19.7. The summed E-state index contributed by atoms with van der Waals surface area (Å²) in [6, 6.07) is 0. The monoisotopic (exact) mass is 256 g/mol. The zero-order chi connectivity index (χ0) is 13.1. The molecule has 2 rings (SSSR count). The van der Waals surface area contributed by atoms with Gasteiger partial charge in [0, 0.05) is 7.11 Å². The lowest BCUT2D eigenvalue weighted by Gasteiger charge is -2.18. The maximum atomic E-state index is 11.3. The van der Waals surface area contributed by atoms with E-state index in [1.165, 1.54) is 20.0 Å². The zero-order valence-electron chi connectivity index (χ0n) is 10.5. The van der Waals surface area contributed by atoms with Gasteiger partial charge in [-0.2, -0.15) is 0 Å². The van der Waals surface area contributed by atoms with Crippen molar-refractivity contribution in [3.8, 4) is 0 Å². The van der Waals surface area contributed by atoms with Crippen molar-refractivity contribution >= 4 is 5.97 Å². The van der Waals surface area contributed by atoms with E-state index in [1.807, 2.05) is 6.08 Å². The third-order valence-corrected chi connectivity index (χ3v) is 3.70. The second-order valence-corrected chi connectivity index (χ2v) is 4.97. The number of allylic oxidation sites excluding steroid dienone is 1. The molecule has 1 aliphatic heterocycles. The minimum absolute atomic E-state index is 0.493. The van der Waals surface area contributed by atoms with E-state index in [9.17, 15) is 15.0 Å². The molecule has 2 aliphatic rings. The topological polar surface area (TPSA) is 76.0 Å². The van der Waals surface area contributed by atoms with Crippen LogP contribution in [-0.4, -0.2) is 47.7 Å². The predicted molar refractivity (Wildman–Crippen MR) is 63.8 cm³/mol. The lowest BCUT2D eigenvalue weighted by Crippen LogP contribution is -2.38. The van der Waals surface area contributed by atoms with Gasteiger partial charge in [0.2, 0.25) is 0 Å². The van der Waals surface area contributed by atoms with E-state index in [2.05, 4.69) is 0 Å². The quantitative estimate of drug-likeness (QED) is 0.562. The Morgan fingerprint density at radius 3 is 2.67 bits per heavy atom. The first-order chi connectivity index (χ1) is 8.63. The highest BCUT2D eigenvalue weighted by Crippen LogP contribution is 2.27. The molecule has 0 aromatic rings. The van der Waals surface area contributed by atoms with Gasteiger partial charge in [0.15, 0.2) is 12.2 Å². The minimum Gasteiger partial charge on any atom is -0.454 e. The van der Waals surface area contributed by atoms with Gasteiger partial charge >= 0.3 is 5.97 Å². The van der Waals surface area contributed by atoms with Crippen LogP contribution in [-0.2, 0) is 14.3 Å². The van der Waals surface area contributed by atoms with E-state index < -0.39 is 30.4 Å². The average molecular weight is 256 g/mol. The molecule has 0 spiro atoms. The molecule has 1 saturated heterocycles. The van der Waals surface area contributed by atoms with Crippen LogP contribution in [0.4, 0.5) is 0 Å². The summed E-state index contributed by atoms with van der Waals surface area (Å²) in [5.41, 5.74) is 0. The highest BCUT2D eigenvalue weighted by Gasteiger charge is 2.46. The fourth-order valence-electron chi connectivity index (χ4n) is 2.62. The number of ether oxygens (including phenoxy) is 2. The Labute approximate surface area is 106 Å². The van der Waals surface area contributed by atoms with Crippen molar-refractivity contribution in [2.24, 2.45) is 5.92 Å². The zero-order valence-corrected chi connectivity index (χ0v) is 10.5. The summed E-state index contributed by atoms with van der Waals surface area (Å²) in [4.78, 5) is 11.3. The molecule has 4 atom stereocenters. The summed E-state index contributed by atoms with van der Waals surface area (Å²) >= 11 is 0. The third kappa shape index (κ3) is 2.74. The summed E-state index contributed by atoms with van der Waals surface area (Å²) in [5.74, 6) is -0.129. The SMILES string of the molecule is CO[C@H]1C(=O)OC([C@H](O)C=CC2CCCC2)C1O. The Morgan fingerprint density at radius 1 is 1.44 bits per heavy atom. The number of esters is 1. The molecule has 0 aromatic heterocycles. The molecular formula is C13H20O5. The first-order valence-corrected chi connectivity index (χ1v) is 6.41. The van der Waals surface area contributed by atoms with Crippen LogP contribution in [0, 0.1) is 5.92 Å². The van der Waals surface area contributed by atoms with Crippen LogP contribution < -0.4 is 0 Å². The van der Waals surface area contributed by atoms with Crippen LogP contribution in [0.25, 0.3) is 0 Å². The number of aliphatic hydroxyl groups is 2. The number of hydrogen-bond acceptors (Lipinski definition) is 5. The maximum Gasteiger partial charge on any atom is 0.338 e. The second kappa shape index (κ2) is 5.82. The van der Waals surface area contributed by atoms with Gasteiger partial charge in [0.05, 0.1) is 0 Å². The summed E-state index contributed by atoms with van der Waals surface area (Å²) < 4.78 is 9.77.